The first-order valence-corrected chi connectivity index (χ1v) is 5.25. The fourth-order valence-corrected chi connectivity index (χ4v) is 1.58. The molecule has 7 heteroatoms. The number of hydrogen-bond acceptors (Lipinski definition) is 6. The van der Waals surface area contributed by atoms with Crippen LogP contribution in [-0.2, 0) is 0 Å². The molecule has 0 bridgehead atoms. The molecule has 2 heterocycles. The third-order valence-corrected chi connectivity index (χ3v) is 2.37. The van der Waals surface area contributed by atoms with Crippen LogP contribution in [0.3, 0.4) is 0 Å². The number of hydrogen-bond donors (Lipinski definition) is 1. The molecule has 0 aliphatic heterocycles. The number of pyridine rings is 1. The Morgan fingerprint density at radius 3 is 2.67 bits per heavy atom. The quantitative estimate of drug-likeness (QED) is 0.654. The average molecular weight is 245 g/mol. The van der Waals surface area contributed by atoms with Crippen LogP contribution in [0, 0.1) is 17.0 Å². The van der Waals surface area contributed by atoms with Crippen molar-refractivity contribution in [3.8, 4) is 11.4 Å². The first kappa shape index (κ1) is 11.9. The predicted molar refractivity (Wildman–Crippen MR) is 66.2 cm³/mol. The Labute approximate surface area is 103 Å². The van der Waals surface area contributed by atoms with Crippen molar-refractivity contribution >= 4 is 11.6 Å². The molecule has 0 aromatic carbocycles. The Hall–Kier alpha value is -2.57. The van der Waals surface area contributed by atoms with E-state index in [1.807, 2.05) is 0 Å². The fraction of sp³-hybridized carbons (Fsp3) is 0.182. The summed E-state index contributed by atoms with van der Waals surface area (Å²) >= 11 is 0. The van der Waals surface area contributed by atoms with Crippen LogP contribution in [0.1, 0.15) is 5.69 Å². The number of nitrogens with zero attached hydrogens (tertiary/aromatic N) is 4. The van der Waals surface area contributed by atoms with E-state index in [1.165, 1.54) is 0 Å². The summed E-state index contributed by atoms with van der Waals surface area (Å²) in [7, 11) is 1.66. The van der Waals surface area contributed by atoms with Gasteiger partial charge in [-0.25, -0.2) is 9.97 Å². The van der Waals surface area contributed by atoms with Crippen molar-refractivity contribution in [2.45, 2.75) is 6.92 Å². The van der Waals surface area contributed by atoms with Gasteiger partial charge in [0.15, 0.2) is 5.69 Å². The van der Waals surface area contributed by atoms with E-state index >= 15 is 0 Å². The molecule has 0 aliphatic carbocycles. The monoisotopic (exact) mass is 245 g/mol. The second-order valence-electron chi connectivity index (χ2n) is 3.55. The van der Waals surface area contributed by atoms with Crippen LogP contribution in [0.15, 0.2) is 24.4 Å². The summed E-state index contributed by atoms with van der Waals surface area (Å²) in [4.78, 5) is 22.8. The molecule has 0 saturated heterocycles. The predicted octanol–water partition coefficient (Wildman–Crippen LogP) is 1.80. The molecule has 2 aromatic rings. The second kappa shape index (κ2) is 4.74. The molecule has 0 unspecified atom stereocenters. The van der Waals surface area contributed by atoms with Gasteiger partial charge in [0.05, 0.1) is 10.6 Å². The number of anilines is 1. The first-order valence-electron chi connectivity index (χ1n) is 5.25. The van der Waals surface area contributed by atoms with Crippen molar-refractivity contribution in [1.29, 1.82) is 0 Å². The summed E-state index contributed by atoms with van der Waals surface area (Å²) in [6, 6.07) is 5.17. The zero-order valence-electron chi connectivity index (χ0n) is 9.91. The molecule has 1 N–H and O–H groups in total. The molecule has 18 heavy (non-hydrogen) atoms. The van der Waals surface area contributed by atoms with Gasteiger partial charge in [-0.1, -0.05) is 6.07 Å². The molecule has 0 amide bonds. The van der Waals surface area contributed by atoms with Crippen molar-refractivity contribution in [1.82, 2.24) is 15.0 Å². The highest BCUT2D eigenvalue weighted by molar-refractivity contribution is 5.68. The Balaban J connectivity index is 2.71. The first-order chi connectivity index (χ1) is 8.63. The molecule has 0 aliphatic rings. The fourth-order valence-electron chi connectivity index (χ4n) is 1.58. The lowest BCUT2D eigenvalue weighted by atomic mass is 10.2. The molecule has 0 saturated carbocycles. The Morgan fingerprint density at radius 2 is 2.11 bits per heavy atom. The maximum Gasteiger partial charge on any atom is 0.318 e. The van der Waals surface area contributed by atoms with E-state index in [1.54, 1.807) is 38.4 Å². The number of nitro groups is 1. The summed E-state index contributed by atoms with van der Waals surface area (Å²) in [5.41, 5.74) is 0.858. The number of nitrogens with one attached hydrogen (secondary N) is 1. The van der Waals surface area contributed by atoms with Crippen LogP contribution in [0.4, 0.5) is 11.6 Å². The molecule has 0 fully saturated rings. The van der Waals surface area contributed by atoms with Gasteiger partial charge in [0.1, 0.15) is 5.69 Å². The van der Waals surface area contributed by atoms with Crippen LogP contribution in [-0.4, -0.2) is 26.9 Å². The summed E-state index contributed by atoms with van der Waals surface area (Å²) in [6.07, 6.45) is 1.57. The Morgan fingerprint density at radius 1 is 1.33 bits per heavy atom. The van der Waals surface area contributed by atoms with Gasteiger partial charge in [0.2, 0.25) is 5.95 Å². The molecular weight excluding hydrogens is 234 g/mol. The molecule has 0 radical (unpaired) electrons. The van der Waals surface area contributed by atoms with Gasteiger partial charge in [0, 0.05) is 13.2 Å². The standard InChI is InChI=1S/C11H11N5O2/c1-7-10(16(17)18)9(15-11(12-2)14-7)8-5-3-4-6-13-8/h3-6H,1-2H3,(H,12,14,15). The minimum absolute atomic E-state index is 0.118. The molecule has 2 rings (SSSR count). The summed E-state index contributed by atoms with van der Waals surface area (Å²) in [5.74, 6) is 0.332. The molecule has 7 nitrogen and oxygen atoms in total. The number of aryl methyl sites for hydroxylation is 1. The third-order valence-electron chi connectivity index (χ3n) is 2.37. The smallest absolute Gasteiger partial charge is 0.318 e. The van der Waals surface area contributed by atoms with Crippen molar-refractivity contribution in [2.75, 3.05) is 12.4 Å². The van der Waals surface area contributed by atoms with Gasteiger partial charge in [-0.05, 0) is 19.1 Å². The largest absolute Gasteiger partial charge is 0.357 e. The topological polar surface area (TPSA) is 93.8 Å². The molecule has 0 atom stereocenters. The Kier molecular flexibility index (Phi) is 3.13. The summed E-state index contributed by atoms with van der Waals surface area (Å²) < 4.78 is 0. The lowest BCUT2D eigenvalue weighted by Crippen LogP contribution is -2.05. The van der Waals surface area contributed by atoms with Crippen molar-refractivity contribution in [3.63, 3.8) is 0 Å². The van der Waals surface area contributed by atoms with Gasteiger partial charge < -0.3 is 5.32 Å². The van der Waals surface area contributed by atoms with E-state index in [-0.39, 0.29) is 11.4 Å². The van der Waals surface area contributed by atoms with E-state index in [0.29, 0.717) is 17.3 Å². The summed E-state index contributed by atoms with van der Waals surface area (Å²) in [6.45, 7) is 1.58. The highest BCUT2D eigenvalue weighted by Crippen LogP contribution is 2.29. The minimum atomic E-state index is -0.487. The van der Waals surface area contributed by atoms with Crippen LogP contribution in [0.2, 0.25) is 0 Å². The molecular formula is C11H11N5O2. The lowest BCUT2D eigenvalue weighted by molar-refractivity contribution is -0.385. The number of aromatic nitrogens is 3. The zero-order chi connectivity index (χ0) is 13.1. The van der Waals surface area contributed by atoms with Crippen molar-refractivity contribution in [2.24, 2.45) is 0 Å². The molecule has 92 valence electrons. The van der Waals surface area contributed by atoms with E-state index in [2.05, 4.69) is 20.3 Å². The van der Waals surface area contributed by atoms with Crippen LogP contribution in [0.25, 0.3) is 11.4 Å². The highest BCUT2D eigenvalue weighted by atomic mass is 16.6. The van der Waals surface area contributed by atoms with Gasteiger partial charge in [-0.15, -0.1) is 0 Å². The summed E-state index contributed by atoms with van der Waals surface area (Å²) in [5, 5.41) is 13.9. The van der Waals surface area contributed by atoms with Gasteiger partial charge in [0.25, 0.3) is 0 Å². The second-order valence-corrected chi connectivity index (χ2v) is 3.55. The maximum atomic E-state index is 11.1. The van der Waals surface area contributed by atoms with E-state index < -0.39 is 4.92 Å². The number of rotatable bonds is 3. The van der Waals surface area contributed by atoms with E-state index in [9.17, 15) is 10.1 Å². The van der Waals surface area contributed by atoms with Gasteiger partial charge in [-0.2, -0.15) is 0 Å². The zero-order valence-corrected chi connectivity index (χ0v) is 9.91. The third kappa shape index (κ3) is 2.10. The lowest BCUT2D eigenvalue weighted by Gasteiger charge is -2.06. The van der Waals surface area contributed by atoms with Gasteiger partial charge in [-0.3, -0.25) is 15.1 Å². The minimum Gasteiger partial charge on any atom is -0.357 e. The maximum absolute atomic E-state index is 11.1. The SMILES string of the molecule is CNc1nc(C)c([N+](=O)[O-])c(-c2ccccn2)n1. The normalized spacial score (nSPS) is 10.1. The molecule has 2 aromatic heterocycles. The van der Waals surface area contributed by atoms with Crippen molar-refractivity contribution in [3.05, 3.63) is 40.2 Å². The van der Waals surface area contributed by atoms with E-state index in [0.717, 1.165) is 0 Å². The highest BCUT2D eigenvalue weighted by Gasteiger charge is 2.23. The van der Waals surface area contributed by atoms with Crippen LogP contribution in [0.5, 0.6) is 0 Å². The average Bonchev–Trinajstić information content (AvgIpc) is 2.38. The van der Waals surface area contributed by atoms with Gasteiger partial charge >= 0.3 is 5.69 Å². The Bertz CT molecular complexity index is 585. The van der Waals surface area contributed by atoms with Crippen molar-refractivity contribution < 1.29 is 4.92 Å². The molecule has 0 spiro atoms. The van der Waals surface area contributed by atoms with Crippen LogP contribution >= 0.6 is 0 Å². The van der Waals surface area contributed by atoms with Crippen LogP contribution < -0.4 is 5.32 Å². The van der Waals surface area contributed by atoms with E-state index in [4.69, 9.17) is 0 Å².